The molecule has 0 aliphatic heterocycles. The lowest BCUT2D eigenvalue weighted by atomic mass is 9.83. The smallest absolute Gasteiger partial charge is 0.163 e. The Morgan fingerprint density at radius 1 is 1.03 bits per heavy atom. The van der Waals surface area contributed by atoms with Gasteiger partial charge in [0.05, 0.1) is 23.0 Å². The highest BCUT2D eigenvalue weighted by atomic mass is 16.1. The van der Waals surface area contributed by atoms with E-state index >= 15 is 0 Å². The summed E-state index contributed by atoms with van der Waals surface area (Å²) in [5.74, 6) is 0.598. The molecule has 0 aromatic heterocycles. The van der Waals surface area contributed by atoms with Crippen LogP contribution in [0.5, 0.6) is 0 Å². The van der Waals surface area contributed by atoms with Gasteiger partial charge in [0.15, 0.2) is 5.78 Å². The summed E-state index contributed by atoms with van der Waals surface area (Å²) in [5, 5.41) is 3.45. The van der Waals surface area contributed by atoms with Crippen LogP contribution in [0.2, 0.25) is 0 Å². The van der Waals surface area contributed by atoms with Crippen LogP contribution in [-0.4, -0.2) is 36.3 Å². The number of hydrogen-bond acceptors (Lipinski definition) is 6. The minimum absolute atomic E-state index is 0.0831. The number of nitrogens with one attached hydrogen (secondary N) is 1. The fraction of sp³-hybridized carbons (Fsp3) is 0.483. The van der Waals surface area contributed by atoms with Crippen LogP contribution >= 0.6 is 0 Å². The summed E-state index contributed by atoms with van der Waals surface area (Å²) in [6, 6.07) is 8.39. The fourth-order valence-corrected chi connectivity index (χ4v) is 4.70. The van der Waals surface area contributed by atoms with Crippen molar-refractivity contribution in [3.05, 3.63) is 59.1 Å². The average Bonchev–Trinajstić information content (AvgIpc) is 2.84. The summed E-state index contributed by atoms with van der Waals surface area (Å²) < 4.78 is 0. The van der Waals surface area contributed by atoms with E-state index in [1.807, 2.05) is 20.8 Å². The summed E-state index contributed by atoms with van der Waals surface area (Å²) in [4.78, 5) is 37.5. The topological polar surface area (TPSA) is 83.2 Å². The van der Waals surface area contributed by atoms with E-state index < -0.39 is 0 Å². The largest absolute Gasteiger partial charge is 0.381 e. The molecular formula is C29H40N4O2. The first-order valence-electron chi connectivity index (χ1n) is 12.5. The number of carbonyl (C=O) groups excluding carboxylic acids is 2. The third-order valence-corrected chi connectivity index (χ3v) is 6.40. The van der Waals surface area contributed by atoms with Gasteiger partial charge in [-0.2, -0.15) is 0 Å². The van der Waals surface area contributed by atoms with Crippen LogP contribution in [0.25, 0.3) is 0 Å². The number of benzene rings is 1. The maximum atomic E-state index is 12.7. The van der Waals surface area contributed by atoms with Crippen LogP contribution in [-0.2, 0) is 9.59 Å². The summed E-state index contributed by atoms with van der Waals surface area (Å²) >= 11 is 0. The van der Waals surface area contributed by atoms with Gasteiger partial charge in [0.25, 0.3) is 0 Å². The van der Waals surface area contributed by atoms with Gasteiger partial charge in [0.2, 0.25) is 0 Å². The van der Waals surface area contributed by atoms with E-state index in [0.29, 0.717) is 35.0 Å². The highest BCUT2D eigenvalue weighted by Gasteiger charge is 2.22. The predicted molar refractivity (Wildman–Crippen MR) is 147 cm³/mol. The maximum Gasteiger partial charge on any atom is 0.163 e. The lowest BCUT2D eigenvalue weighted by Crippen LogP contribution is -2.28. The molecule has 35 heavy (non-hydrogen) atoms. The first-order valence-corrected chi connectivity index (χ1v) is 12.5. The molecule has 1 aliphatic rings. The van der Waals surface area contributed by atoms with E-state index in [1.165, 1.54) is 44.6 Å². The molecule has 1 atom stereocenters. The van der Waals surface area contributed by atoms with Crippen molar-refractivity contribution >= 4 is 29.2 Å². The molecule has 1 saturated carbocycles. The average molecular weight is 477 g/mol. The molecule has 0 heterocycles. The zero-order valence-corrected chi connectivity index (χ0v) is 22.1. The van der Waals surface area contributed by atoms with Crippen molar-refractivity contribution in [2.45, 2.75) is 85.1 Å². The van der Waals surface area contributed by atoms with Crippen molar-refractivity contribution < 1.29 is 9.59 Å². The Balaban J connectivity index is 2.36. The fourth-order valence-electron chi connectivity index (χ4n) is 4.70. The van der Waals surface area contributed by atoms with Crippen LogP contribution in [0, 0.1) is 0 Å². The first-order chi connectivity index (χ1) is 16.8. The van der Waals surface area contributed by atoms with Crippen LogP contribution in [0.3, 0.4) is 0 Å². The number of ketones is 2. The first kappa shape index (κ1) is 28.1. The molecule has 0 bridgehead atoms. The molecule has 1 fully saturated rings. The Bertz CT molecular complexity index is 1020. The molecule has 1 aromatic carbocycles. The second-order valence-electron chi connectivity index (χ2n) is 9.15. The van der Waals surface area contributed by atoms with Gasteiger partial charge in [0.1, 0.15) is 5.78 Å². The van der Waals surface area contributed by atoms with E-state index in [4.69, 9.17) is 0 Å². The number of aliphatic imine (C=N–C) groups is 3. The Morgan fingerprint density at radius 2 is 1.69 bits per heavy atom. The Kier molecular flexibility index (Phi) is 11.5. The van der Waals surface area contributed by atoms with E-state index in [2.05, 4.69) is 44.6 Å². The Morgan fingerprint density at radius 3 is 2.23 bits per heavy atom. The van der Waals surface area contributed by atoms with Gasteiger partial charge in [-0.15, -0.1) is 0 Å². The molecule has 1 unspecified atom stereocenters. The van der Waals surface area contributed by atoms with Gasteiger partial charge in [-0.25, -0.2) is 0 Å². The number of Topliss-reactive ketones (excluding diaryl/α,β-unsaturated/α-hetero) is 2. The number of rotatable bonds is 11. The standard InChI is InChI=1S/C29H40N4O2/c1-7-31-17-18-32-22(4)29(30-6)28(23(5)35)21(3)33-27(19-20(2)34)26-15-13-25(14-16-26)24-11-9-8-10-12-24/h7,13-18,24,27,33H,8-12,19H2,1-6H3/b18-17-,28-21+,30-29-,31-7+,32-22+. The number of carbonyl (C=O) groups is 2. The van der Waals surface area contributed by atoms with Crippen LogP contribution in [0.15, 0.2) is 62.9 Å². The lowest BCUT2D eigenvalue weighted by Gasteiger charge is -2.24. The molecule has 0 saturated heterocycles. The molecule has 188 valence electrons. The molecule has 6 heteroatoms. The van der Waals surface area contributed by atoms with Crippen molar-refractivity contribution in [3.8, 4) is 0 Å². The summed E-state index contributed by atoms with van der Waals surface area (Å²) in [6.07, 6.45) is 11.6. The maximum absolute atomic E-state index is 12.7. The van der Waals surface area contributed by atoms with Gasteiger partial charge in [-0.05, 0) is 64.5 Å². The van der Waals surface area contributed by atoms with E-state index in [-0.39, 0.29) is 17.6 Å². The zero-order valence-electron chi connectivity index (χ0n) is 22.1. The van der Waals surface area contributed by atoms with Crippen LogP contribution in [0.4, 0.5) is 0 Å². The number of nitrogens with zero attached hydrogens (tertiary/aromatic N) is 3. The third kappa shape index (κ3) is 8.53. The monoisotopic (exact) mass is 476 g/mol. The van der Waals surface area contributed by atoms with Gasteiger partial charge >= 0.3 is 0 Å². The predicted octanol–water partition coefficient (Wildman–Crippen LogP) is 6.30. The molecule has 1 N–H and O–H groups in total. The highest BCUT2D eigenvalue weighted by Crippen LogP contribution is 2.33. The van der Waals surface area contributed by atoms with Gasteiger partial charge in [-0.1, -0.05) is 43.5 Å². The van der Waals surface area contributed by atoms with Gasteiger partial charge in [0, 0.05) is 37.8 Å². The van der Waals surface area contributed by atoms with Crippen LogP contribution in [0.1, 0.15) is 96.2 Å². The molecular weight excluding hydrogens is 436 g/mol. The van der Waals surface area contributed by atoms with Crippen molar-refractivity contribution in [1.82, 2.24) is 5.32 Å². The molecule has 0 radical (unpaired) electrons. The molecule has 0 spiro atoms. The van der Waals surface area contributed by atoms with Crippen molar-refractivity contribution in [3.63, 3.8) is 0 Å². The summed E-state index contributed by atoms with van der Waals surface area (Å²) in [6.45, 7) is 8.62. The highest BCUT2D eigenvalue weighted by molar-refractivity contribution is 6.53. The normalized spacial score (nSPS) is 17.5. The molecule has 6 nitrogen and oxygen atoms in total. The molecule has 2 rings (SSSR count). The number of hydrogen-bond donors (Lipinski definition) is 1. The quantitative estimate of drug-likeness (QED) is 0.300. The Labute approximate surface area is 210 Å². The van der Waals surface area contributed by atoms with Crippen molar-refractivity contribution in [2.24, 2.45) is 15.0 Å². The minimum atomic E-state index is -0.239. The minimum Gasteiger partial charge on any atom is -0.381 e. The number of allylic oxidation sites excluding steroid dienone is 2. The van der Waals surface area contributed by atoms with E-state index in [9.17, 15) is 9.59 Å². The third-order valence-electron chi connectivity index (χ3n) is 6.40. The molecule has 1 aliphatic carbocycles. The zero-order chi connectivity index (χ0) is 25.8. The van der Waals surface area contributed by atoms with E-state index in [1.54, 1.807) is 32.6 Å². The van der Waals surface area contributed by atoms with Crippen molar-refractivity contribution in [2.75, 3.05) is 7.05 Å². The van der Waals surface area contributed by atoms with Crippen molar-refractivity contribution in [1.29, 1.82) is 0 Å². The van der Waals surface area contributed by atoms with Crippen LogP contribution < -0.4 is 5.32 Å². The summed E-state index contributed by atoms with van der Waals surface area (Å²) in [5.41, 5.74) is 4.67. The lowest BCUT2D eigenvalue weighted by molar-refractivity contribution is -0.117. The van der Waals surface area contributed by atoms with Gasteiger partial charge in [-0.3, -0.25) is 24.6 Å². The van der Waals surface area contributed by atoms with E-state index in [0.717, 1.165) is 5.56 Å². The second-order valence-corrected chi connectivity index (χ2v) is 9.15. The Hall–Kier alpha value is -3.15. The molecule has 1 aromatic rings. The second kappa shape index (κ2) is 14.3. The molecule has 0 amide bonds. The SMILES string of the molecule is C/C=N/C=C\N=C(C)\C(=N\C)C(\C(C)=O)=C(/C)NC(CC(C)=O)c1ccc(C2CCCCC2)cc1. The summed E-state index contributed by atoms with van der Waals surface area (Å²) in [7, 11) is 1.65. The van der Waals surface area contributed by atoms with Gasteiger partial charge < -0.3 is 5.32 Å².